The summed E-state index contributed by atoms with van der Waals surface area (Å²) in [7, 11) is 1.34. The minimum atomic E-state index is -0.479. The lowest BCUT2D eigenvalue weighted by Crippen LogP contribution is -2.35. The summed E-state index contributed by atoms with van der Waals surface area (Å²) in [6.07, 6.45) is 1.56. The summed E-state index contributed by atoms with van der Waals surface area (Å²) in [6.45, 7) is 3.49. The van der Waals surface area contributed by atoms with Crippen molar-refractivity contribution in [2.45, 2.75) is 25.0 Å². The van der Waals surface area contributed by atoms with Gasteiger partial charge in [-0.1, -0.05) is 0 Å². The monoisotopic (exact) mass is 322 g/mol. The quantitative estimate of drug-likeness (QED) is 0.775. The van der Waals surface area contributed by atoms with E-state index in [2.05, 4.69) is 20.6 Å². The molecule has 1 atom stereocenters. The van der Waals surface area contributed by atoms with Gasteiger partial charge in [-0.2, -0.15) is 0 Å². The van der Waals surface area contributed by atoms with Crippen molar-refractivity contribution in [3.05, 3.63) is 17.6 Å². The van der Waals surface area contributed by atoms with E-state index in [-0.39, 0.29) is 17.8 Å². The van der Waals surface area contributed by atoms with Gasteiger partial charge in [0.2, 0.25) is 0 Å². The van der Waals surface area contributed by atoms with Gasteiger partial charge in [0.15, 0.2) is 11.5 Å². The highest BCUT2D eigenvalue weighted by Crippen LogP contribution is 2.20. The molecule has 8 nitrogen and oxygen atoms in total. The van der Waals surface area contributed by atoms with E-state index in [1.807, 2.05) is 0 Å². The van der Waals surface area contributed by atoms with E-state index in [1.54, 1.807) is 6.07 Å². The fourth-order valence-electron chi connectivity index (χ4n) is 2.68. The molecule has 0 aliphatic carbocycles. The smallest absolute Gasteiger partial charge is 0.356 e. The van der Waals surface area contributed by atoms with Gasteiger partial charge in [-0.25, -0.2) is 14.8 Å². The molecule has 2 N–H and O–H groups in total. The zero-order valence-electron chi connectivity index (χ0n) is 13.2. The average molecular weight is 322 g/mol. The molecule has 1 aromatic heterocycles. The highest BCUT2D eigenvalue weighted by Gasteiger charge is 2.23. The number of morpholine rings is 1. The third-order valence-corrected chi connectivity index (χ3v) is 3.93. The van der Waals surface area contributed by atoms with Crippen LogP contribution in [0.2, 0.25) is 0 Å². The van der Waals surface area contributed by atoms with Crippen LogP contribution in [0.5, 0.6) is 0 Å². The van der Waals surface area contributed by atoms with E-state index in [0.717, 1.165) is 32.6 Å². The average Bonchev–Trinajstić information content (AvgIpc) is 2.62. The van der Waals surface area contributed by atoms with Gasteiger partial charge >= 0.3 is 5.97 Å². The van der Waals surface area contributed by atoms with Crippen molar-refractivity contribution >= 4 is 11.8 Å². The van der Waals surface area contributed by atoms with Gasteiger partial charge < -0.3 is 24.8 Å². The molecule has 1 aromatic rings. The first-order valence-corrected chi connectivity index (χ1v) is 7.90. The molecule has 3 rings (SSSR count). The van der Waals surface area contributed by atoms with Gasteiger partial charge in [-0.05, 0) is 12.8 Å². The second-order valence-corrected chi connectivity index (χ2v) is 5.58. The van der Waals surface area contributed by atoms with Crippen molar-refractivity contribution in [3.8, 4) is 0 Å². The van der Waals surface area contributed by atoms with Crippen LogP contribution in [-0.4, -0.2) is 62.0 Å². The van der Waals surface area contributed by atoms with Gasteiger partial charge in [0.05, 0.1) is 13.7 Å². The molecule has 2 saturated heterocycles. The lowest BCUT2D eigenvalue weighted by Gasteiger charge is -2.25. The molecule has 8 heteroatoms. The van der Waals surface area contributed by atoms with E-state index in [9.17, 15) is 4.79 Å². The maximum Gasteiger partial charge on any atom is 0.356 e. The molecule has 0 amide bonds. The van der Waals surface area contributed by atoms with Crippen LogP contribution >= 0.6 is 0 Å². The van der Waals surface area contributed by atoms with E-state index < -0.39 is 5.97 Å². The second-order valence-electron chi connectivity index (χ2n) is 5.58. The fraction of sp³-hybridized carbons (Fsp3) is 0.667. The number of anilines is 1. The maximum atomic E-state index is 11.9. The lowest BCUT2D eigenvalue weighted by atomic mass is 10.1. The molecule has 0 aromatic carbocycles. The Morgan fingerprint density at radius 3 is 2.87 bits per heavy atom. The maximum absolute atomic E-state index is 11.9. The summed E-state index contributed by atoms with van der Waals surface area (Å²) in [6, 6.07) is 1.91. The van der Waals surface area contributed by atoms with Crippen molar-refractivity contribution in [1.82, 2.24) is 15.3 Å². The van der Waals surface area contributed by atoms with E-state index in [4.69, 9.17) is 14.2 Å². The fourth-order valence-corrected chi connectivity index (χ4v) is 2.68. The Morgan fingerprint density at radius 1 is 1.35 bits per heavy atom. The van der Waals surface area contributed by atoms with Gasteiger partial charge in [-0.15, -0.1) is 0 Å². The highest BCUT2D eigenvalue weighted by atomic mass is 16.5. The number of carbonyl (C=O) groups excluding carboxylic acids is 1. The van der Waals surface area contributed by atoms with Crippen LogP contribution in [0.1, 0.15) is 35.3 Å². The molecule has 2 aliphatic rings. The molecule has 0 saturated carbocycles. The van der Waals surface area contributed by atoms with Crippen LogP contribution in [0.25, 0.3) is 0 Å². The Kier molecular flexibility index (Phi) is 5.37. The normalized spacial score (nSPS) is 22.6. The molecule has 0 bridgehead atoms. The van der Waals surface area contributed by atoms with Gasteiger partial charge in [0.25, 0.3) is 0 Å². The lowest BCUT2D eigenvalue weighted by molar-refractivity contribution is 0.0218. The molecule has 1 unspecified atom stereocenters. The summed E-state index contributed by atoms with van der Waals surface area (Å²) in [5.41, 5.74) is 0.237. The van der Waals surface area contributed by atoms with Gasteiger partial charge in [0.1, 0.15) is 11.9 Å². The SMILES string of the molecule is COC(=O)c1cc(NC2CCOCC2)nc(C2CNCCO2)n1. The van der Waals surface area contributed by atoms with Gasteiger partial charge in [-0.3, -0.25) is 0 Å². The largest absolute Gasteiger partial charge is 0.464 e. The number of ether oxygens (including phenoxy) is 3. The van der Waals surface area contributed by atoms with Crippen molar-refractivity contribution in [2.24, 2.45) is 0 Å². The van der Waals surface area contributed by atoms with Crippen molar-refractivity contribution in [3.63, 3.8) is 0 Å². The zero-order chi connectivity index (χ0) is 16.1. The number of hydrogen-bond donors (Lipinski definition) is 2. The van der Waals surface area contributed by atoms with Crippen LogP contribution < -0.4 is 10.6 Å². The standard InChI is InChI=1S/C15H22N4O4/c1-21-15(20)11-8-13(17-10-2-5-22-6-3-10)19-14(18-11)12-9-16-4-7-23-12/h8,10,12,16H,2-7,9H2,1H3,(H,17,18,19). The van der Waals surface area contributed by atoms with E-state index in [0.29, 0.717) is 24.8 Å². The number of carbonyl (C=O) groups is 1. The van der Waals surface area contributed by atoms with Crippen molar-refractivity contribution < 1.29 is 19.0 Å². The minimum absolute atomic E-state index is 0.237. The molecule has 2 aliphatic heterocycles. The summed E-state index contributed by atoms with van der Waals surface area (Å²) >= 11 is 0. The summed E-state index contributed by atoms with van der Waals surface area (Å²) in [5, 5.41) is 6.60. The number of esters is 1. The van der Waals surface area contributed by atoms with Crippen molar-refractivity contribution in [2.75, 3.05) is 45.3 Å². The Morgan fingerprint density at radius 2 is 2.17 bits per heavy atom. The number of nitrogens with zero attached hydrogens (tertiary/aromatic N) is 2. The Balaban J connectivity index is 1.82. The molecular formula is C15H22N4O4. The predicted molar refractivity (Wildman–Crippen MR) is 82.4 cm³/mol. The molecule has 23 heavy (non-hydrogen) atoms. The highest BCUT2D eigenvalue weighted by molar-refractivity contribution is 5.87. The second kappa shape index (κ2) is 7.67. The Hall–Kier alpha value is -1.77. The van der Waals surface area contributed by atoms with Crippen LogP contribution in [0, 0.1) is 0 Å². The van der Waals surface area contributed by atoms with Crippen LogP contribution in [-0.2, 0) is 14.2 Å². The van der Waals surface area contributed by atoms with Gasteiger partial charge in [0, 0.05) is 38.4 Å². The van der Waals surface area contributed by atoms with Crippen LogP contribution in [0.15, 0.2) is 6.07 Å². The molecular weight excluding hydrogens is 300 g/mol. The number of methoxy groups -OCH3 is 1. The summed E-state index contributed by atoms with van der Waals surface area (Å²) < 4.78 is 15.8. The molecule has 3 heterocycles. The number of rotatable bonds is 4. The van der Waals surface area contributed by atoms with E-state index >= 15 is 0 Å². The summed E-state index contributed by atoms with van der Waals surface area (Å²) in [5.74, 6) is 0.638. The molecule has 0 radical (unpaired) electrons. The molecule has 126 valence electrons. The molecule has 0 spiro atoms. The third kappa shape index (κ3) is 4.15. The number of aromatic nitrogens is 2. The molecule has 2 fully saturated rings. The summed E-state index contributed by atoms with van der Waals surface area (Å²) in [4.78, 5) is 20.7. The van der Waals surface area contributed by atoms with Crippen LogP contribution in [0.4, 0.5) is 5.82 Å². The first-order chi connectivity index (χ1) is 11.3. The first kappa shape index (κ1) is 16.1. The zero-order valence-corrected chi connectivity index (χ0v) is 13.2. The minimum Gasteiger partial charge on any atom is -0.464 e. The predicted octanol–water partition coefficient (Wildman–Crippen LogP) is 0.515. The third-order valence-electron chi connectivity index (χ3n) is 3.93. The van der Waals surface area contributed by atoms with Crippen molar-refractivity contribution in [1.29, 1.82) is 0 Å². The topological polar surface area (TPSA) is 94.6 Å². The van der Waals surface area contributed by atoms with Crippen LogP contribution in [0.3, 0.4) is 0 Å². The first-order valence-electron chi connectivity index (χ1n) is 7.90. The number of hydrogen-bond acceptors (Lipinski definition) is 8. The van der Waals surface area contributed by atoms with E-state index in [1.165, 1.54) is 7.11 Å². The Labute approximate surface area is 134 Å². The number of nitrogens with one attached hydrogen (secondary N) is 2. The Bertz CT molecular complexity index is 542.